The van der Waals surface area contributed by atoms with Gasteiger partial charge in [-0.1, -0.05) is 12.1 Å². The van der Waals surface area contributed by atoms with Gasteiger partial charge in [0.1, 0.15) is 5.82 Å². The number of anilines is 3. The third kappa shape index (κ3) is 4.44. The Morgan fingerprint density at radius 3 is 2.34 bits per heavy atom. The molecule has 2 saturated heterocycles. The van der Waals surface area contributed by atoms with E-state index in [1.165, 1.54) is 12.8 Å². The summed E-state index contributed by atoms with van der Waals surface area (Å²) >= 11 is 0. The Labute approximate surface area is 172 Å². The molecule has 0 spiro atoms. The molecule has 2 aliphatic heterocycles. The maximum absolute atomic E-state index is 12.7. The first-order chi connectivity index (χ1) is 14.0. The summed E-state index contributed by atoms with van der Waals surface area (Å²) in [6.07, 6.45) is 2.46. The average Bonchev–Trinajstić information content (AvgIpc) is 3.25. The normalized spacial score (nSPS) is 17.0. The maximum atomic E-state index is 12.7. The summed E-state index contributed by atoms with van der Waals surface area (Å²) < 4.78 is 0. The Balaban J connectivity index is 1.39. The number of rotatable bonds is 3. The van der Waals surface area contributed by atoms with E-state index >= 15 is 0 Å². The van der Waals surface area contributed by atoms with Crippen molar-refractivity contribution < 1.29 is 4.79 Å². The van der Waals surface area contributed by atoms with Crippen molar-refractivity contribution in [1.29, 1.82) is 0 Å². The zero-order chi connectivity index (χ0) is 20.4. The minimum atomic E-state index is -0.0405. The molecule has 2 aliphatic rings. The van der Waals surface area contributed by atoms with Crippen molar-refractivity contribution in [3.63, 3.8) is 0 Å². The summed E-state index contributed by atoms with van der Waals surface area (Å²) in [5.41, 5.74) is 4.09. The van der Waals surface area contributed by atoms with Gasteiger partial charge in [0, 0.05) is 56.7 Å². The molecule has 29 heavy (non-hydrogen) atoms. The number of piperazine rings is 1. The molecule has 3 heterocycles. The van der Waals surface area contributed by atoms with E-state index in [4.69, 9.17) is 4.98 Å². The van der Waals surface area contributed by atoms with Crippen molar-refractivity contribution >= 4 is 23.5 Å². The fraction of sp³-hybridized carbons (Fsp3) is 0.500. The van der Waals surface area contributed by atoms with E-state index in [-0.39, 0.29) is 6.03 Å². The van der Waals surface area contributed by atoms with Crippen LogP contribution in [0.5, 0.6) is 0 Å². The van der Waals surface area contributed by atoms with E-state index < -0.39 is 0 Å². The van der Waals surface area contributed by atoms with Crippen LogP contribution in [0.2, 0.25) is 0 Å². The van der Waals surface area contributed by atoms with Crippen LogP contribution in [0.3, 0.4) is 0 Å². The predicted molar refractivity (Wildman–Crippen MR) is 117 cm³/mol. The molecule has 7 heteroatoms. The monoisotopic (exact) mass is 394 g/mol. The number of carbonyl (C=O) groups excluding carboxylic acids is 1. The van der Waals surface area contributed by atoms with Gasteiger partial charge in [-0.15, -0.1) is 0 Å². The lowest BCUT2D eigenvalue weighted by Crippen LogP contribution is -2.50. The molecule has 0 radical (unpaired) electrons. The van der Waals surface area contributed by atoms with Gasteiger partial charge in [-0.25, -0.2) is 9.78 Å². The molecule has 2 amide bonds. The fourth-order valence-electron chi connectivity index (χ4n) is 3.96. The molecule has 1 N–H and O–H groups in total. The van der Waals surface area contributed by atoms with Crippen molar-refractivity contribution in [2.45, 2.75) is 33.6 Å². The summed E-state index contributed by atoms with van der Waals surface area (Å²) in [4.78, 5) is 28.6. The second kappa shape index (κ2) is 8.27. The molecule has 1 aromatic heterocycles. The summed E-state index contributed by atoms with van der Waals surface area (Å²) in [6.45, 7) is 11.0. The van der Waals surface area contributed by atoms with E-state index in [2.05, 4.69) is 32.2 Å². The smallest absolute Gasteiger partial charge is 0.321 e. The average molecular weight is 395 g/mol. The van der Waals surface area contributed by atoms with E-state index in [9.17, 15) is 4.79 Å². The van der Waals surface area contributed by atoms with Crippen LogP contribution in [0.1, 0.15) is 29.7 Å². The molecule has 1 aromatic carbocycles. The van der Waals surface area contributed by atoms with Crippen LogP contribution in [0.4, 0.5) is 22.2 Å². The summed E-state index contributed by atoms with van der Waals surface area (Å²) in [6, 6.07) is 8.14. The SMILES string of the molecule is Cc1ccc(C)c(NC(=O)N2CCN(c3nc(C)cc(N4CCCC4)n3)CC2)c1. The molecule has 0 atom stereocenters. The maximum Gasteiger partial charge on any atom is 0.321 e. The molecule has 4 rings (SSSR count). The standard InChI is InChI=1S/C22H30N6O/c1-16-6-7-17(2)19(14-16)24-22(29)28-12-10-27(11-13-28)21-23-18(3)15-20(25-21)26-8-4-5-9-26/h6-7,14-15H,4-5,8-13H2,1-3H3,(H,24,29). The van der Waals surface area contributed by atoms with Crippen molar-refractivity contribution in [3.8, 4) is 0 Å². The number of hydrogen-bond donors (Lipinski definition) is 1. The number of carbonyl (C=O) groups is 1. The van der Waals surface area contributed by atoms with E-state index in [0.29, 0.717) is 13.1 Å². The third-order valence-electron chi connectivity index (χ3n) is 5.74. The second-order valence-electron chi connectivity index (χ2n) is 8.08. The number of benzene rings is 1. The Hall–Kier alpha value is -2.83. The fourth-order valence-corrected chi connectivity index (χ4v) is 3.96. The van der Waals surface area contributed by atoms with Crippen LogP contribution in [-0.4, -0.2) is 60.2 Å². The van der Waals surface area contributed by atoms with Crippen LogP contribution in [0, 0.1) is 20.8 Å². The summed E-state index contributed by atoms with van der Waals surface area (Å²) in [7, 11) is 0. The van der Waals surface area contributed by atoms with Gasteiger partial charge < -0.3 is 20.0 Å². The Morgan fingerprint density at radius 2 is 1.62 bits per heavy atom. The Kier molecular flexibility index (Phi) is 5.56. The highest BCUT2D eigenvalue weighted by Gasteiger charge is 2.24. The first-order valence-electron chi connectivity index (χ1n) is 10.5. The minimum absolute atomic E-state index is 0.0405. The summed E-state index contributed by atoms with van der Waals surface area (Å²) in [5.74, 6) is 1.81. The zero-order valence-electron chi connectivity index (χ0n) is 17.6. The van der Waals surface area contributed by atoms with E-state index in [1.807, 2.05) is 37.8 Å². The van der Waals surface area contributed by atoms with Gasteiger partial charge in [-0.05, 0) is 50.8 Å². The topological polar surface area (TPSA) is 64.6 Å². The van der Waals surface area contributed by atoms with Gasteiger partial charge in [0.2, 0.25) is 5.95 Å². The second-order valence-corrected chi connectivity index (χ2v) is 8.08. The van der Waals surface area contributed by atoms with Crippen LogP contribution in [0.25, 0.3) is 0 Å². The largest absolute Gasteiger partial charge is 0.356 e. The van der Waals surface area contributed by atoms with Crippen molar-refractivity contribution in [2.24, 2.45) is 0 Å². The number of nitrogens with one attached hydrogen (secondary N) is 1. The van der Waals surface area contributed by atoms with Crippen LogP contribution in [0.15, 0.2) is 24.3 Å². The van der Waals surface area contributed by atoms with Crippen LogP contribution in [-0.2, 0) is 0 Å². The van der Waals surface area contributed by atoms with Gasteiger partial charge in [0.05, 0.1) is 0 Å². The van der Waals surface area contributed by atoms with Crippen LogP contribution >= 0.6 is 0 Å². The van der Waals surface area contributed by atoms with Crippen LogP contribution < -0.4 is 15.1 Å². The van der Waals surface area contributed by atoms with Gasteiger partial charge in [0.25, 0.3) is 0 Å². The first-order valence-corrected chi connectivity index (χ1v) is 10.5. The first kappa shape index (κ1) is 19.5. The molecule has 154 valence electrons. The molecule has 7 nitrogen and oxygen atoms in total. The Morgan fingerprint density at radius 1 is 0.897 bits per heavy atom. The lowest BCUT2D eigenvalue weighted by Gasteiger charge is -2.35. The number of nitrogens with zero attached hydrogens (tertiary/aromatic N) is 5. The van der Waals surface area contributed by atoms with Gasteiger partial charge in [-0.2, -0.15) is 4.98 Å². The van der Waals surface area contributed by atoms with Crippen molar-refractivity contribution in [2.75, 3.05) is 54.4 Å². The highest BCUT2D eigenvalue weighted by atomic mass is 16.2. The van der Waals surface area contributed by atoms with E-state index in [0.717, 1.165) is 60.5 Å². The molecule has 0 unspecified atom stereocenters. The molecule has 0 aliphatic carbocycles. The number of amides is 2. The van der Waals surface area contributed by atoms with Gasteiger partial charge >= 0.3 is 6.03 Å². The highest BCUT2D eigenvalue weighted by Crippen LogP contribution is 2.22. The molecule has 0 saturated carbocycles. The molecular formula is C22H30N6O. The molecule has 2 fully saturated rings. The molecule has 2 aromatic rings. The Bertz CT molecular complexity index is 885. The van der Waals surface area contributed by atoms with Gasteiger partial charge in [-0.3, -0.25) is 0 Å². The van der Waals surface area contributed by atoms with Gasteiger partial charge in [0.15, 0.2) is 0 Å². The van der Waals surface area contributed by atoms with Crippen molar-refractivity contribution in [3.05, 3.63) is 41.1 Å². The number of aryl methyl sites for hydroxylation is 3. The summed E-state index contributed by atoms with van der Waals surface area (Å²) in [5, 5.41) is 3.06. The number of hydrogen-bond acceptors (Lipinski definition) is 5. The zero-order valence-corrected chi connectivity index (χ0v) is 17.6. The number of aromatic nitrogens is 2. The highest BCUT2D eigenvalue weighted by molar-refractivity contribution is 5.90. The third-order valence-corrected chi connectivity index (χ3v) is 5.74. The lowest BCUT2D eigenvalue weighted by atomic mass is 10.1. The minimum Gasteiger partial charge on any atom is -0.356 e. The molecular weight excluding hydrogens is 364 g/mol. The number of urea groups is 1. The quantitative estimate of drug-likeness (QED) is 0.865. The molecule has 0 bridgehead atoms. The van der Waals surface area contributed by atoms with Crippen molar-refractivity contribution in [1.82, 2.24) is 14.9 Å². The van der Waals surface area contributed by atoms with E-state index in [1.54, 1.807) is 0 Å². The lowest BCUT2D eigenvalue weighted by molar-refractivity contribution is 0.208. The predicted octanol–water partition coefficient (Wildman–Crippen LogP) is 3.36.